The summed E-state index contributed by atoms with van der Waals surface area (Å²) >= 11 is 0. The number of esters is 1. The molecule has 0 saturated heterocycles. The summed E-state index contributed by atoms with van der Waals surface area (Å²) in [5.41, 5.74) is 7.68. The van der Waals surface area contributed by atoms with Crippen LogP contribution in [-0.2, 0) is 11.3 Å². The first-order valence-electron chi connectivity index (χ1n) is 7.79. The lowest BCUT2D eigenvalue weighted by atomic mass is 10.1. The standard InChI is InChI=1S/C19H23NO3/c1-14(2)8-9-22-18-11-16(10-17(20)12-18)19(21)23-13-15-6-4-3-5-7-15/h3-7,10-12,14H,8-9,13,20H2,1-2H3. The van der Waals surface area contributed by atoms with E-state index < -0.39 is 5.97 Å². The smallest absolute Gasteiger partial charge is 0.338 e. The highest BCUT2D eigenvalue weighted by atomic mass is 16.5. The Balaban J connectivity index is 1.97. The number of nitrogens with two attached hydrogens (primary N) is 1. The van der Waals surface area contributed by atoms with E-state index in [9.17, 15) is 4.79 Å². The van der Waals surface area contributed by atoms with Crippen LogP contribution in [0.1, 0.15) is 36.2 Å². The Morgan fingerprint density at radius 2 is 1.87 bits per heavy atom. The Kier molecular flexibility index (Phi) is 6.03. The first-order chi connectivity index (χ1) is 11.0. The first kappa shape index (κ1) is 16.9. The lowest BCUT2D eigenvalue weighted by Gasteiger charge is -2.11. The average Bonchev–Trinajstić information content (AvgIpc) is 2.52. The summed E-state index contributed by atoms with van der Waals surface area (Å²) in [4.78, 5) is 12.2. The predicted octanol–water partition coefficient (Wildman–Crippen LogP) is 4.05. The Morgan fingerprint density at radius 3 is 2.57 bits per heavy atom. The van der Waals surface area contributed by atoms with Crippen LogP contribution in [0.5, 0.6) is 5.75 Å². The maximum atomic E-state index is 12.2. The third-order valence-corrected chi connectivity index (χ3v) is 3.34. The number of nitrogen functional groups attached to an aromatic ring is 1. The summed E-state index contributed by atoms with van der Waals surface area (Å²) in [6.45, 7) is 5.10. The van der Waals surface area contributed by atoms with E-state index in [0.717, 1.165) is 12.0 Å². The highest BCUT2D eigenvalue weighted by Crippen LogP contribution is 2.20. The quantitative estimate of drug-likeness (QED) is 0.619. The number of rotatable bonds is 7. The van der Waals surface area contributed by atoms with Crippen LogP contribution < -0.4 is 10.5 Å². The van der Waals surface area contributed by atoms with Crippen LogP contribution in [0.3, 0.4) is 0 Å². The van der Waals surface area contributed by atoms with E-state index in [2.05, 4.69) is 13.8 Å². The summed E-state index contributed by atoms with van der Waals surface area (Å²) in [5.74, 6) is 0.749. The number of hydrogen-bond donors (Lipinski definition) is 1. The minimum absolute atomic E-state index is 0.234. The van der Waals surface area contributed by atoms with Gasteiger partial charge in [-0.3, -0.25) is 0 Å². The molecule has 0 fully saturated rings. The zero-order chi connectivity index (χ0) is 16.7. The summed E-state index contributed by atoms with van der Waals surface area (Å²) in [7, 11) is 0. The molecular formula is C19H23NO3. The molecule has 0 spiro atoms. The average molecular weight is 313 g/mol. The van der Waals surface area contributed by atoms with Crippen molar-refractivity contribution in [1.82, 2.24) is 0 Å². The number of benzene rings is 2. The number of hydrogen-bond acceptors (Lipinski definition) is 4. The van der Waals surface area contributed by atoms with Crippen molar-refractivity contribution < 1.29 is 14.3 Å². The second-order valence-electron chi connectivity index (χ2n) is 5.88. The molecule has 23 heavy (non-hydrogen) atoms. The second-order valence-corrected chi connectivity index (χ2v) is 5.88. The van der Waals surface area contributed by atoms with Gasteiger partial charge in [0.15, 0.2) is 0 Å². The van der Waals surface area contributed by atoms with Crippen LogP contribution in [0, 0.1) is 5.92 Å². The largest absolute Gasteiger partial charge is 0.493 e. The minimum Gasteiger partial charge on any atom is -0.493 e. The Bertz CT molecular complexity index is 638. The van der Waals surface area contributed by atoms with E-state index in [1.54, 1.807) is 18.2 Å². The van der Waals surface area contributed by atoms with Crippen molar-refractivity contribution in [3.8, 4) is 5.75 Å². The third-order valence-electron chi connectivity index (χ3n) is 3.34. The Morgan fingerprint density at radius 1 is 1.13 bits per heavy atom. The van der Waals surface area contributed by atoms with Crippen LogP contribution >= 0.6 is 0 Å². The molecule has 0 aliphatic rings. The molecule has 0 heterocycles. The number of anilines is 1. The van der Waals surface area contributed by atoms with Gasteiger partial charge in [-0.25, -0.2) is 4.79 Å². The van der Waals surface area contributed by atoms with Crippen LogP contribution in [-0.4, -0.2) is 12.6 Å². The van der Waals surface area contributed by atoms with Crippen molar-refractivity contribution in [3.63, 3.8) is 0 Å². The van der Waals surface area contributed by atoms with Gasteiger partial charge in [0.05, 0.1) is 12.2 Å². The van der Waals surface area contributed by atoms with Crippen LogP contribution in [0.25, 0.3) is 0 Å². The fourth-order valence-corrected chi connectivity index (χ4v) is 2.04. The van der Waals surface area contributed by atoms with Gasteiger partial charge in [0.25, 0.3) is 0 Å². The SMILES string of the molecule is CC(C)CCOc1cc(N)cc(C(=O)OCc2ccccc2)c1. The van der Waals surface area contributed by atoms with Crippen LogP contribution in [0.2, 0.25) is 0 Å². The third kappa shape index (κ3) is 5.66. The van der Waals surface area contributed by atoms with Crippen molar-refractivity contribution >= 4 is 11.7 Å². The van der Waals surface area contributed by atoms with Crippen LogP contribution in [0.15, 0.2) is 48.5 Å². The molecule has 2 aromatic rings. The summed E-state index contributed by atoms with van der Waals surface area (Å²) in [6.07, 6.45) is 0.947. The van der Waals surface area contributed by atoms with E-state index in [1.165, 1.54) is 0 Å². The summed E-state index contributed by atoms with van der Waals surface area (Å²) in [5, 5.41) is 0. The molecule has 0 unspecified atom stereocenters. The molecule has 0 aliphatic carbocycles. The number of carbonyl (C=O) groups excluding carboxylic acids is 1. The van der Waals surface area contributed by atoms with Gasteiger partial charge in [-0.1, -0.05) is 44.2 Å². The van der Waals surface area contributed by atoms with Gasteiger partial charge in [-0.2, -0.15) is 0 Å². The Labute approximate surface area is 137 Å². The molecule has 0 radical (unpaired) electrons. The van der Waals surface area contributed by atoms with E-state index in [4.69, 9.17) is 15.2 Å². The van der Waals surface area contributed by atoms with E-state index in [0.29, 0.717) is 29.5 Å². The predicted molar refractivity (Wildman–Crippen MR) is 91.4 cm³/mol. The van der Waals surface area contributed by atoms with Gasteiger partial charge in [0.2, 0.25) is 0 Å². The normalized spacial score (nSPS) is 10.6. The lowest BCUT2D eigenvalue weighted by molar-refractivity contribution is 0.0472. The molecule has 2 rings (SSSR count). The van der Waals surface area contributed by atoms with Crippen LogP contribution in [0.4, 0.5) is 5.69 Å². The number of ether oxygens (including phenoxy) is 2. The van der Waals surface area contributed by atoms with Gasteiger partial charge < -0.3 is 15.2 Å². The van der Waals surface area contributed by atoms with Gasteiger partial charge in [0.1, 0.15) is 12.4 Å². The molecule has 2 aromatic carbocycles. The lowest BCUT2D eigenvalue weighted by Crippen LogP contribution is -2.07. The van der Waals surface area contributed by atoms with E-state index >= 15 is 0 Å². The maximum Gasteiger partial charge on any atom is 0.338 e. The van der Waals surface area contributed by atoms with Crippen molar-refractivity contribution in [2.75, 3.05) is 12.3 Å². The first-order valence-corrected chi connectivity index (χ1v) is 7.79. The van der Waals surface area contributed by atoms with Gasteiger partial charge in [-0.05, 0) is 30.0 Å². The topological polar surface area (TPSA) is 61.5 Å². The molecule has 0 aromatic heterocycles. The molecule has 0 aliphatic heterocycles. The highest BCUT2D eigenvalue weighted by molar-refractivity contribution is 5.91. The zero-order valence-corrected chi connectivity index (χ0v) is 13.6. The van der Waals surface area contributed by atoms with E-state index in [-0.39, 0.29) is 6.61 Å². The van der Waals surface area contributed by atoms with Crippen molar-refractivity contribution in [3.05, 3.63) is 59.7 Å². The maximum absolute atomic E-state index is 12.2. The molecule has 0 amide bonds. The zero-order valence-electron chi connectivity index (χ0n) is 13.6. The fraction of sp³-hybridized carbons (Fsp3) is 0.316. The Hall–Kier alpha value is -2.49. The van der Waals surface area contributed by atoms with Crippen molar-refractivity contribution in [2.24, 2.45) is 5.92 Å². The molecule has 0 bridgehead atoms. The summed E-state index contributed by atoms with van der Waals surface area (Å²) < 4.78 is 11.0. The molecule has 2 N–H and O–H groups in total. The van der Waals surface area contributed by atoms with Gasteiger partial charge in [0, 0.05) is 11.8 Å². The fourth-order valence-electron chi connectivity index (χ4n) is 2.04. The second kappa shape index (κ2) is 8.22. The van der Waals surface area contributed by atoms with Gasteiger partial charge >= 0.3 is 5.97 Å². The highest BCUT2D eigenvalue weighted by Gasteiger charge is 2.10. The monoisotopic (exact) mass is 313 g/mol. The molecule has 0 saturated carbocycles. The molecule has 4 heteroatoms. The molecule has 4 nitrogen and oxygen atoms in total. The van der Waals surface area contributed by atoms with Crippen molar-refractivity contribution in [2.45, 2.75) is 26.9 Å². The minimum atomic E-state index is -0.408. The van der Waals surface area contributed by atoms with Crippen molar-refractivity contribution in [1.29, 1.82) is 0 Å². The molecule has 122 valence electrons. The molecular weight excluding hydrogens is 290 g/mol. The number of carbonyl (C=O) groups is 1. The van der Waals surface area contributed by atoms with Gasteiger partial charge in [-0.15, -0.1) is 0 Å². The molecule has 0 atom stereocenters. The summed E-state index contributed by atoms with van der Waals surface area (Å²) in [6, 6.07) is 14.5. The van der Waals surface area contributed by atoms with E-state index in [1.807, 2.05) is 30.3 Å².